The van der Waals surface area contributed by atoms with Crippen molar-refractivity contribution in [2.75, 3.05) is 38.3 Å². The molecule has 1 saturated heterocycles. The Kier molecular flexibility index (Phi) is 4.80. The first kappa shape index (κ1) is 16.4. The Bertz CT molecular complexity index is 722. The molecule has 0 N–H and O–H groups in total. The summed E-state index contributed by atoms with van der Waals surface area (Å²) in [6.07, 6.45) is 3.70. The molecule has 0 saturated carbocycles. The van der Waals surface area contributed by atoms with Gasteiger partial charge in [-0.1, -0.05) is 0 Å². The summed E-state index contributed by atoms with van der Waals surface area (Å²) in [6, 6.07) is 3.62. The van der Waals surface area contributed by atoms with Gasteiger partial charge in [-0.3, -0.25) is 9.48 Å². The quantitative estimate of drug-likeness (QED) is 0.844. The van der Waals surface area contributed by atoms with Crippen LogP contribution < -0.4 is 4.90 Å². The number of hydrogen-bond donors (Lipinski definition) is 0. The Labute approximate surface area is 141 Å². The summed E-state index contributed by atoms with van der Waals surface area (Å²) in [4.78, 5) is 20.9. The minimum atomic E-state index is 0.0351. The van der Waals surface area contributed by atoms with Gasteiger partial charge in [0.05, 0.1) is 18.9 Å². The average molecular weight is 329 g/mol. The summed E-state index contributed by atoms with van der Waals surface area (Å²) < 4.78 is 7.11. The number of aryl methyl sites for hydroxylation is 2. The number of ether oxygens (including phenoxy) is 1. The Morgan fingerprint density at radius 2 is 2.12 bits per heavy atom. The molecule has 128 valence electrons. The van der Waals surface area contributed by atoms with Crippen LogP contribution in [0.4, 0.5) is 5.82 Å². The highest BCUT2D eigenvalue weighted by Gasteiger charge is 2.19. The zero-order chi connectivity index (χ0) is 17.1. The molecule has 1 fully saturated rings. The van der Waals surface area contributed by atoms with Crippen molar-refractivity contribution in [3.63, 3.8) is 0 Å². The van der Waals surface area contributed by atoms with Crippen molar-refractivity contribution < 1.29 is 9.53 Å². The lowest BCUT2D eigenvalue weighted by Crippen LogP contribution is -2.40. The number of carbonyl (C=O) groups excluding carboxylic acids is 1. The van der Waals surface area contributed by atoms with Gasteiger partial charge >= 0.3 is 0 Å². The molecule has 0 atom stereocenters. The van der Waals surface area contributed by atoms with Gasteiger partial charge in [0.15, 0.2) is 0 Å². The maximum atomic E-state index is 12.6. The molecule has 1 aliphatic heterocycles. The van der Waals surface area contributed by atoms with E-state index in [-0.39, 0.29) is 5.91 Å². The number of hydrogen-bond acceptors (Lipinski definition) is 5. The molecule has 0 radical (unpaired) electrons. The van der Waals surface area contributed by atoms with Crippen LogP contribution in [0, 0.1) is 6.92 Å². The summed E-state index contributed by atoms with van der Waals surface area (Å²) >= 11 is 0. The summed E-state index contributed by atoms with van der Waals surface area (Å²) in [7, 11) is 3.88. The van der Waals surface area contributed by atoms with Crippen molar-refractivity contribution in [2.24, 2.45) is 7.05 Å². The van der Waals surface area contributed by atoms with Crippen LogP contribution in [-0.4, -0.2) is 58.9 Å². The summed E-state index contributed by atoms with van der Waals surface area (Å²) in [5.74, 6) is 0.810. The summed E-state index contributed by atoms with van der Waals surface area (Å²) in [5, 5.41) is 4.36. The molecule has 0 bridgehead atoms. The van der Waals surface area contributed by atoms with Crippen molar-refractivity contribution in [1.82, 2.24) is 19.7 Å². The number of pyridine rings is 1. The Morgan fingerprint density at radius 1 is 1.38 bits per heavy atom. The zero-order valence-electron chi connectivity index (χ0n) is 14.4. The van der Waals surface area contributed by atoms with Gasteiger partial charge in [0.2, 0.25) is 0 Å². The molecule has 0 spiro atoms. The molecule has 0 aromatic carbocycles. The van der Waals surface area contributed by atoms with Crippen molar-refractivity contribution in [3.05, 3.63) is 41.3 Å². The van der Waals surface area contributed by atoms with E-state index in [9.17, 15) is 4.79 Å². The predicted molar refractivity (Wildman–Crippen MR) is 91.0 cm³/mol. The molecule has 1 amide bonds. The molecule has 2 aromatic heterocycles. The maximum Gasteiger partial charge on any atom is 0.254 e. The first-order valence-corrected chi connectivity index (χ1v) is 8.08. The largest absolute Gasteiger partial charge is 0.378 e. The highest BCUT2D eigenvalue weighted by molar-refractivity contribution is 5.94. The molecular formula is C17H23N5O2. The average Bonchev–Trinajstić information content (AvgIpc) is 2.92. The molecule has 1 aliphatic rings. The number of rotatable bonds is 4. The molecule has 0 unspecified atom stereocenters. The van der Waals surface area contributed by atoms with Gasteiger partial charge < -0.3 is 14.5 Å². The van der Waals surface area contributed by atoms with Gasteiger partial charge in [0.25, 0.3) is 5.91 Å². The summed E-state index contributed by atoms with van der Waals surface area (Å²) in [5.41, 5.74) is 2.81. The fraction of sp³-hybridized carbons (Fsp3) is 0.471. The molecule has 24 heavy (non-hydrogen) atoms. The molecule has 3 rings (SSSR count). The fourth-order valence-electron chi connectivity index (χ4n) is 2.85. The van der Waals surface area contributed by atoms with E-state index >= 15 is 0 Å². The van der Waals surface area contributed by atoms with E-state index in [2.05, 4.69) is 10.1 Å². The standard InChI is InChI=1S/C17H23N5O2/c1-13-15(12-21(3)19-13)11-20(2)16-10-14(4-5-18-16)17(23)22-6-8-24-9-7-22/h4-5,10,12H,6-9,11H2,1-3H3. The zero-order valence-corrected chi connectivity index (χ0v) is 14.4. The molecule has 2 aromatic rings. The number of aromatic nitrogens is 3. The normalized spacial score (nSPS) is 14.7. The minimum absolute atomic E-state index is 0.0351. The van der Waals surface area contributed by atoms with Crippen molar-refractivity contribution in [2.45, 2.75) is 13.5 Å². The number of amides is 1. The van der Waals surface area contributed by atoms with E-state index in [0.717, 1.165) is 17.1 Å². The van der Waals surface area contributed by atoms with Gasteiger partial charge in [-0.25, -0.2) is 4.98 Å². The Hall–Kier alpha value is -2.41. The van der Waals surface area contributed by atoms with E-state index in [1.165, 1.54) is 0 Å². The van der Waals surface area contributed by atoms with Crippen LogP contribution in [0.2, 0.25) is 0 Å². The van der Waals surface area contributed by atoms with Crippen molar-refractivity contribution in [3.8, 4) is 0 Å². The van der Waals surface area contributed by atoms with Crippen LogP contribution in [0.25, 0.3) is 0 Å². The van der Waals surface area contributed by atoms with Gasteiger partial charge in [-0.05, 0) is 19.1 Å². The fourth-order valence-corrected chi connectivity index (χ4v) is 2.85. The maximum absolute atomic E-state index is 12.6. The molecule has 0 aliphatic carbocycles. The second-order valence-corrected chi connectivity index (χ2v) is 6.08. The first-order chi connectivity index (χ1) is 11.5. The number of anilines is 1. The molecule has 3 heterocycles. The third kappa shape index (κ3) is 3.56. The Balaban J connectivity index is 1.74. The third-order valence-electron chi connectivity index (χ3n) is 4.20. The third-order valence-corrected chi connectivity index (χ3v) is 4.20. The van der Waals surface area contributed by atoms with Gasteiger partial charge in [0.1, 0.15) is 5.82 Å². The molecule has 7 nitrogen and oxygen atoms in total. The highest BCUT2D eigenvalue weighted by atomic mass is 16.5. The number of nitrogens with zero attached hydrogens (tertiary/aromatic N) is 5. The lowest BCUT2D eigenvalue weighted by molar-refractivity contribution is 0.0303. The van der Waals surface area contributed by atoms with Crippen LogP contribution in [0.1, 0.15) is 21.6 Å². The number of carbonyl (C=O) groups is 1. The van der Waals surface area contributed by atoms with E-state index in [1.54, 1.807) is 12.3 Å². The van der Waals surface area contributed by atoms with Crippen LogP contribution in [0.15, 0.2) is 24.5 Å². The highest BCUT2D eigenvalue weighted by Crippen LogP contribution is 2.17. The summed E-state index contributed by atoms with van der Waals surface area (Å²) in [6.45, 7) is 5.17. The monoisotopic (exact) mass is 329 g/mol. The number of morpholine rings is 1. The SMILES string of the molecule is Cc1nn(C)cc1CN(C)c1cc(C(=O)N2CCOCC2)ccn1. The van der Waals surface area contributed by atoms with Crippen molar-refractivity contribution in [1.29, 1.82) is 0 Å². The second-order valence-electron chi connectivity index (χ2n) is 6.08. The van der Waals surface area contributed by atoms with Gasteiger partial charge in [0, 0.05) is 57.3 Å². The smallest absolute Gasteiger partial charge is 0.254 e. The lowest BCUT2D eigenvalue weighted by Gasteiger charge is -2.27. The van der Waals surface area contributed by atoms with E-state index in [4.69, 9.17) is 4.74 Å². The van der Waals surface area contributed by atoms with Crippen LogP contribution >= 0.6 is 0 Å². The van der Waals surface area contributed by atoms with E-state index in [0.29, 0.717) is 38.4 Å². The topological polar surface area (TPSA) is 63.5 Å². The van der Waals surface area contributed by atoms with E-state index in [1.807, 2.05) is 47.8 Å². The van der Waals surface area contributed by atoms with Crippen LogP contribution in [0.3, 0.4) is 0 Å². The minimum Gasteiger partial charge on any atom is -0.378 e. The van der Waals surface area contributed by atoms with Gasteiger partial charge in [-0.2, -0.15) is 5.10 Å². The second kappa shape index (κ2) is 7.00. The molecule has 7 heteroatoms. The molecular weight excluding hydrogens is 306 g/mol. The van der Waals surface area contributed by atoms with Gasteiger partial charge in [-0.15, -0.1) is 0 Å². The van der Waals surface area contributed by atoms with Crippen molar-refractivity contribution >= 4 is 11.7 Å². The lowest BCUT2D eigenvalue weighted by atomic mass is 10.2. The Morgan fingerprint density at radius 3 is 2.79 bits per heavy atom. The van der Waals surface area contributed by atoms with Crippen LogP contribution in [-0.2, 0) is 18.3 Å². The first-order valence-electron chi connectivity index (χ1n) is 8.08. The van der Waals surface area contributed by atoms with E-state index < -0.39 is 0 Å². The predicted octanol–water partition coefficient (Wildman–Crippen LogP) is 1.23. The van der Waals surface area contributed by atoms with Crippen LogP contribution in [0.5, 0.6) is 0 Å².